The third-order valence-corrected chi connectivity index (χ3v) is 2.34. The molecule has 1 rings (SSSR count). The summed E-state index contributed by atoms with van der Waals surface area (Å²) in [5.74, 6) is 0. The van der Waals surface area contributed by atoms with Crippen LogP contribution in [0.1, 0.15) is 33.1 Å². The standard InChI is InChI=1S/C9H15NO/c1-8(2,7-11)5-9(6-10)3-4-9/h11H,3-5,7H2,1-2H3. The molecule has 1 fully saturated rings. The first-order chi connectivity index (χ1) is 5.04. The molecule has 0 amide bonds. The van der Waals surface area contributed by atoms with Gasteiger partial charge in [-0.3, -0.25) is 0 Å². The summed E-state index contributed by atoms with van der Waals surface area (Å²) in [4.78, 5) is 0. The molecule has 0 saturated heterocycles. The summed E-state index contributed by atoms with van der Waals surface area (Å²) in [7, 11) is 0. The van der Waals surface area contributed by atoms with Crippen LogP contribution in [0.5, 0.6) is 0 Å². The van der Waals surface area contributed by atoms with E-state index in [9.17, 15) is 0 Å². The van der Waals surface area contributed by atoms with Crippen molar-refractivity contribution in [1.29, 1.82) is 5.26 Å². The van der Waals surface area contributed by atoms with E-state index in [-0.39, 0.29) is 17.4 Å². The summed E-state index contributed by atoms with van der Waals surface area (Å²) in [6.07, 6.45) is 2.88. The second-order valence-electron chi connectivity index (χ2n) is 4.39. The molecule has 0 heterocycles. The zero-order chi connectivity index (χ0) is 8.54. The third-order valence-electron chi connectivity index (χ3n) is 2.34. The first kappa shape index (κ1) is 8.55. The summed E-state index contributed by atoms with van der Waals surface area (Å²) in [6.45, 7) is 4.19. The van der Waals surface area contributed by atoms with Gasteiger partial charge in [-0.15, -0.1) is 0 Å². The number of hydrogen-bond acceptors (Lipinski definition) is 2. The normalized spacial score (nSPS) is 20.9. The van der Waals surface area contributed by atoms with Gasteiger partial charge in [0.15, 0.2) is 0 Å². The molecule has 0 radical (unpaired) electrons. The molecule has 0 atom stereocenters. The van der Waals surface area contributed by atoms with Crippen LogP contribution in [-0.2, 0) is 0 Å². The lowest BCUT2D eigenvalue weighted by molar-refractivity contribution is 0.135. The number of nitrogens with zero attached hydrogens (tertiary/aromatic N) is 1. The van der Waals surface area contributed by atoms with Crippen molar-refractivity contribution in [3.63, 3.8) is 0 Å². The van der Waals surface area contributed by atoms with Gasteiger partial charge in [0.05, 0.1) is 11.5 Å². The first-order valence-electron chi connectivity index (χ1n) is 4.06. The number of nitriles is 1. The SMILES string of the molecule is CC(C)(CO)CC1(C#N)CC1. The van der Waals surface area contributed by atoms with Crippen LogP contribution in [0.25, 0.3) is 0 Å². The van der Waals surface area contributed by atoms with Crippen molar-refractivity contribution in [2.45, 2.75) is 33.1 Å². The summed E-state index contributed by atoms with van der Waals surface area (Å²) in [5.41, 5.74) is -0.154. The van der Waals surface area contributed by atoms with Gasteiger partial charge in [-0.1, -0.05) is 13.8 Å². The molecular weight excluding hydrogens is 138 g/mol. The monoisotopic (exact) mass is 153 g/mol. The van der Waals surface area contributed by atoms with E-state index < -0.39 is 0 Å². The molecule has 0 aromatic heterocycles. The molecule has 11 heavy (non-hydrogen) atoms. The highest BCUT2D eigenvalue weighted by atomic mass is 16.3. The van der Waals surface area contributed by atoms with Crippen molar-refractivity contribution in [2.24, 2.45) is 10.8 Å². The number of hydrogen-bond donors (Lipinski definition) is 1. The summed E-state index contributed by atoms with van der Waals surface area (Å²) < 4.78 is 0. The van der Waals surface area contributed by atoms with Gasteiger partial charge in [-0.2, -0.15) is 5.26 Å². The van der Waals surface area contributed by atoms with Crippen LogP contribution in [-0.4, -0.2) is 11.7 Å². The van der Waals surface area contributed by atoms with Crippen LogP contribution < -0.4 is 0 Å². The molecule has 0 spiro atoms. The maximum absolute atomic E-state index is 8.97. The van der Waals surface area contributed by atoms with Gasteiger partial charge in [-0.25, -0.2) is 0 Å². The Kier molecular flexibility index (Phi) is 1.94. The molecule has 0 bridgehead atoms. The van der Waals surface area contributed by atoms with Crippen molar-refractivity contribution in [3.05, 3.63) is 0 Å². The average molecular weight is 153 g/mol. The minimum Gasteiger partial charge on any atom is -0.396 e. The summed E-state index contributed by atoms with van der Waals surface area (Å²) in [5, 5.41) is 17.8. The molecule has 1 N–H and O–H groups in total. The topological polar surface area (TPSA) is 44.0 Å². The van der Waals surface area contributed by atoms with E-state index in [1.54, 1.807) is 0 Å². The molecule has 0 aliphatic heterocycles. The minimum atomic E-state index is -0.0772. The molecule has 0 aromatic carbocycles. The second kappa shape index (κ2) is 2.49. The molecule has 0 aromatic rings. The van der Waals surface area contributed by atoms with Crippen molar-refractivity contribution in [2.75, 3.05) is 6.61 Å². The maximum atomic E-state index is 8.97. The Morgan fingerprint density at radius 1 is 1.55 bits per heavy atom. The van der Waals surface area contributed by atoms with E-state index in [0.29, 0.717) is 0 Å². The maximum Gasteiger partial charge on any atom is 0.0689 e. The van der Waals surface area contributed by atoms with Crippen molar-refractivity contribution in [1.82, 2.24) is 0 Å². The minimum absolute atomic E-state index is 0.0772. The highest BCUT2D eigenvalue weighted by Gasteiger charge is 2.46. The Bertz CT molecular complexity index is 186. The Hall–Kier alpha value is -0.550. The van der Waals surface area contributed by atoms with Gasteiger partial charge in [0.2, 0.25) is 0 Å². The van der Waals surface area contributed by atoms with Gasteiger partial charge >= 0.3 is 0 Å². The highest BCUT2D eigenvalue weighted by Crippen LogP contribution is 2.52. The van der Waals surface area contributed by atoms with E-state index in [1.807, 2.05) is 13.8 Å². The molecule has 1 aliphatic carbocycles. The van der Waals surface area contributed by atoms with Crippen molar-refractivity contribution >= 4 is 0 Å². The zero-order valence-corrected chi connectivity index (χ0v) is 7.22. The Balaban J connectivity index is 2.49. The van der Waals surface area contributed by atoms with Gasteiger partial charge in [0.25, 0.3) is 0 Å². The molecule has 2 heteroatoms. The van der Waals surface area contributed by atoms with Crippen LogP contribution >= 0.6 is 0 Å². The lowest BCUT2D eigenvalue weighted by atomic mass is 9.82. The third kappa shape index (κ3) is 1.94. The first-order valence-corrected chi connectivity index (χ1v) is 4.06. The van der Waals surface area contributed by atoms with Gasteiger partial charge in [0, 0.05) is 6.61 Å². The second-order valence-corrected chi connectivity index (χ2v) is 4.39. The van der Waals surface area contributed by atoms with Crippen LogP contribution in [0, 0.1) is 22.2 Å². The van der Waals surface area contributed by atoms with Crippen LogP contribution in [0.15, 0.2) is 0 Å². The smallest absolute Gasteiger partial charge is 0.0689 e. The Morgan fingerprint density at radius 2 is 2.09 bits per heavy atom. The fourth-order valence-corrected chi connectivity index (χ4v) is 1.45. The number of rotatable bonds is 3. The fourth-order valence-electron chi connectivity index (χ4n) is 1.45. The summed E-state index contributed by atoms with van der Waals surface area (Å²) >= 11 is 0. The Morgan fingerprint density at radius 3 is 2.36 bits per heavy atom. The van der Waals surface area contributed by atoms with E-state index in [1.165, 1.54) is 0 Å². The molecule has 1 aliphatic rings. The predicted octanol–water partition coefficient (Wildman–Crippen LogP) is 1.70. The van der Waals surface area contributed by atoms with E-state index in [2.05, 4.69) is 6.07 Å². The van der Waals surface area contributed by atoms with Crippen molar-refractivity contribution < 1.29 is 5.11 Å². The van der Waals surface area contributed by atoms with E-state index in [4.69, 9.17) is 10.4 Å². The highest BCUT2D eigenvalue weighted by molar-refractivity contribution is 5.11. The fraction of sp³-hybridized carbons (Fsp3) is 0.889. The molecule has 62 valence electrons. The van der Waals surface area contributed by atoms with Gasteiger partial charge in [0.1, 0.15) is 0 Å². The predicted molar refractivity (Wildman–Crippen MR) is 42.8 cm³/mol. The van der Waals surface area contributed by atoms with Gasteiger partial charge in [-0.05, 0) is 24.7 Å². The lowest BCUT2D eigenvalue weighted by Crippen LogP contribution is -2.21. The van der Waals surface area contributed by atoms with E-state index in [0.717, 1.165) is 19.3 Å². The Labute approximate surface area is 67.8 Å². The quantitative estimate of drug-likeness (QED) is 0.670. The number of aliphatic hydroxyl groups is 1. The van der Waals surface area contributed by atoms with Crippen LogP contribution in [0.4, 0.5) is 0 Å². The lowest BCUT2D eigenvalue weighted by Gasteiger charge is -2.23. The van der Waals surface area contributed by atoms with Crippen LogP contribution in [0.2, 0.25) is 0 Å². The van der Waals surface area contributed by atoms with Crippen LogP contribution in [0.3, 0.4) is 0 Å². The van der Waals surface area contributed by atoms with Gasteiger partial charge < -0.3 is 5.11 Å². The molecular formula is C9H15NO. The van der Waals surface area contributed by atoms with E-state index >= 15 is 0 Å². The largest absolute Gasteiger partial charge is 0.396 e. The van der Waals surface area contributed by atoms with Crippen molar-refractivity contribution in [3.8, 4) is 6.07 Å². The summed E-state index contributed by atoms with van der Waals surface area (Å²) in [6, 6.07) is 2.33. The number of aliphatic hydroxyl groups excluding tert-OH is 1. The average Bonchev–Trinajstić information content (AvgIpc) is 2.69. The molecule has 0 unspecified atom stereocenters. The zero-order valence-electron chi connectivity index (χ0n) is 7.22. The molecule has 2 nitrogen and oxygen atoms in total. The molecule has 1 saturated carbocycles.